The van der Waals surface area contributed by atoms with E-state index in [-0.39, 0.29) is 23.2 Å². The van der Waals surface area contributed by atoms with Gasteiger partial charge in [-0.05, 0) is 11.6 Å². The molecule has 0 spiro atoms. The molecule has 2 aromatic heterocycles. The predicted octanol–water partition coefficient (Wildman–Crippen LogP) is 4.11. The van der Waals surface area contributed by atoms with Gasteiger partial charge in [-0.1, -0.05) is 35.0 Å². The van der Waals surface area contributed by atoms with Crippen LogP contribution in [-0.4, -0.2) is 20.8 Å². The normalized spacial score (nSPS) is 11.4. The summed E-state index contributed by atoms with van der Waals surface area (Å²) in [4.78, 5) is 7.48. The Bertz CT molecular complexity index is 960. The topological polar surface area (TPSA) is 87.7 Å². The SMILES string of the molecule is N=C(Cc1ccccc1F)/C(=C\Nc1ncc(F)c(Cl)n1)c1ccon1. The number of nitrogens with one attached hydrogen (secondary N) is 2. The molecule has 2 N–H and O–H groups in total. The van der Waals surface area contributed by atoms with Crippen molar-refractivity contribution in [2.24, 2.45) is 0 Å². The molecule has 0 saturated heterocycles. The third-order valence-electron chi connectivity index (χ3n) is 3.41. The smallest absolute Gasteiger partial charge is 0.228 e. The van der Waals surface area contributed by atoms with Gasteiger partial charge in [-0.2, -0.15) is 4.98 Å². The fourth-order valence-corrected chi connectivity index (χ4v) is 2.28. The monoisotopic (exact) mass is 375 g/mol. The first kappa shape index (κ1) is 17.7. The van der Waals surface area contributed by atoms with Crippen LogP contribution in [0.5, 0.6) is 0 Å². The summed E-state index contributed by atoms with van der Waals surface area (Å²) in [6, 6.07) is 7.75. The van der Waals surface area contributed by atoms with Crippen LogP contribution >= 0.6 is 11.6 Å². The zero-order valence-corrected chi connectivity index (χ0v) is 14.0. The average Bonchev–Trinajstić information content (AvgIpc) is 3.14. The molecule has 0 aliphatic rings. The van der Waals surface area contributed by atoms with Crippen molar-refractivity contribution in [2.45, 2.75) is 6.42 Å². The van der Waals surface area contributed by atoms with Crippen LogP contribution in [-0.2, 0) is 6.42 Å². The molecule has 0 amide bonds. The Morgan fingerprint density at radius 3 is 2.73 bits per heavy atom. The second-order valence-corrected chi connectivity index (χ2v) is 5.52. The summed E-state index contributed by atoms with van der Waals surface area (Å²) in [5.74, 6) is -1.11. The van der Waals surface area contributed by atoms with Gasteiger partial charge in [0.2, 0.25) is 5.95 Å². The van der Waals surface area contributed by atoms with E-state index < -0.39 is 11.6 Å². The second-order valence-electron chi connectivity index (χ2n) is 5.17. The van der Waals surface area contributed by atoms with Crippen LogP contribution in [0.3, 0.4) is 0 Å². The molecule has 0 aliphatic carbocycles. The van der Waals surface area contributed by atoms with Crippen molar-refractivity contribution in [2.75, 3.05) is 5.32 Å². The molecule has 3 rings (SSSR count). The molecule has 0 unspecified atom stereocenters. The van der Waals surface area contributed by atoms with Crippen molar-refractivity contribution in [3.8, 4) is 0 Å². The van der Waals surface area contributed by atoms with Gasteiger partial charge in [-0.3, -0.25) is 0 Å². The van der Waals surface area contributed by atoms with E-state index in [9.17, 15) is 8.78 Å². The molecule has 26 heavy (non-hydrogen) atoms. The Kier molecular flexibility index (Phi) is 5.33. The first-order valence-corrected chi connectivity index (χ1v) is 7.79. The number of halogens is 3. The fraction of sp³-hybridized carbons (Fsp3) is 0.0588. The summed E-state index contributed by atoms with van der Waals surface area (Å²) in [6.07, 6.45) is 3.72. The van der Waals surface area contributed by atoms with E-state index in [0.717, 1.165) is 6.20 Å². The van der Waals surface area contributed by atoms with Gasteiger partial charge in [0.15, 0.2) is 11.0 Å². The van der Waals surface area contributed by atoms with Gasteiger partial charge in [0, 0.05) is 30.0 Å². The van der Waals surface area contributed by atoms with E-state index in [1.165, 1.54) is 18.5 Å². The molecule has 0 fully saturated rings. The van der Waals surface area contributed by atoms with Crippen LogP contribution in [0.2, 0.25) is 5.15 Å². The molecule has 0 aliphatic heterocycles. The molecule has 1 aromatic carbocycles. The van der Waals surface area contributed by atoms with Crippen LogP contribution in [0.1, 0.15) is 11.3 Å². The van der Waals surface area contributed by atoms with Gasteiger partial charge >= 0.3 is 0 Å². The van der Waals surface area contributed by atoms with Crippen molar-refractivity contribution in [1.29, 1.82) is 5.41 Å². The zero-order chi connectivity index (χ0) is 18.5. The first-order valence-electron chi connectivity index (χ1n) is 7.41. The van der Waals surface area contributed by atoms with E-state index in [0.29, 0.717) is 16.8 Å². The third-order valence-corrected chi connectivity index (χ3v) is 3.68. The average molecular weight is 376 g/mol. The van der Waals surface area contributed by atoms with E-state index >= 15 is 0 Å². The van der Waals surface area contributed by atoms with Crippen molar-refractivity contribution < 1.29 is 13.3 Å². The number of anilines is 1. The summed E-state index contributed by atoms with van der Waals surface area (Å²) in [6.45, 7) is 0. The minimum absolute atomic E-state index is 0.0380. The Morgan fingerprint density at radius 2 is 2.04 bits per heavy atom. The first-order chi connectivity index (χ1) is 12.5. The molecular weight excluding hydrogens is 364 g/mol. The van der Waals surface area contributed by atoms with Gasteiger partial charge in [0.25, 0.3) is 0 Å². The lowest BCUT2D eigenvalue weighted by atomic mass is 10.0. The van der Waals surface area contributed by atoms with Crippen LogP contribution in [0.4, 0.5) is 14.7 Å². The Hall–Kier alpha value is -3.13. The maximum atomic E-state index is 13.9. The lowest BCUT2D eigenvalue weighted by molar-refractivity contribution is 0.418. The van der Waals surface area contributed by atoms with Crippen LogP contribution in [0.15, 0.2) is 53.5 Å². The van der Waals surface area contributed by atoms with Gasteiger partial charge in [-0.15, -0.1) is 0 Å². The molecule has 0 bridgehead atoms. The number of nitrogens with zero attached hydrogens (tertiary/aromatic N) is 3. The highest BCUT2D eigenvalue weighted by molar-refractivity contribution is 6.29. The van der Waals surface area contributed by atoms with E-state index in [1.807, 2.05) is 0 Å². The molecule has 0 atom stereocenters. The molecular formula is C17H12ClF2N5O. The highest BCUT2D eigenvalue weighted by atomic mass is 35.5. The Labute approximate surface area is 152 Å². The maximum Gasteiger partial charge on any atom is 0.228 e. The Morgan fingerprint density at radius 1 is 1.23 bits per heavy atom. The van der Waals surface area contributed by atoms with Crippen molar-refractivity contribution in [3.05, 3.63) is 77.0 Å². The lowest BCUT2D eigenvalue weighted by Gasteiger charge is -2.09. The lowest BCUT2D eigenvalue weighted by Crippen LogP contribution is -2.09. The summed E-state index contributed by atoms with van der Waals surface area (Å²) >= 11 is 5.62. The van der Waals surface area contributed by atoms with Crippen molar-refractivity contribution in [1.82, 2.24) is 15.1 Å². The van der Waals surface area contributed by atoms with Crippen molar-refractivity contribution in [3.63, 3.8) is 0 Å². The summed E-state index contributed by atoms with van der Waals surface area (Å²) < 4.78 is 31.8. The number of hydrogen-bond donors (Lipinski definition) is 2. The molecule has 2 heterocycles. The molecule has 132 valence electrons. The van der Waals surface area contributed by atoms with E-state index in [2.05, 4.69) is 20.4 Å². The van der Waals surface area contributed by atoms with Gasteiger partial charge in [-0.25, -0.2) is 13.8 Å². The summed E-state index contributed by atoms with van der Waals surface area (Å²) in [5.41, 5.74) is 1.16. The van der Waals surface area contributed by atoms with Gasteiger partial charge < -0.3 is 15.2 Å². The van der Waals surface area contributed by atoms with Crippen LogP contribution < -0.4 is 5.32 Å². The quantitative estimate of drug-likeness (QED) is 0.500. The number of rotatable bonds is 6. The van der Waals surface area contributed by atoms with Crippen LogP contribution in [0.25, 0.3) is 5.57 Å². The highest BCUT2D eigenvalue weighted by Crippen LogP contribution is 2.19. The number of allylic oxidation sites excluding steroid dienone is 1. The van der Waals surface area contributed by atoms with E-state index in [1.54, 1.807) is 24.3 Å². The largest absolute Gasteiger partial charge is 0.364 e. The number of aromatic nitrogens is 3. The molecule has 6 nitrogen and oxygen atoms in total. The summed E-state index contributed by atoms with van der Waals surface area (Å²) in [5, 5.41) is 14.5. The maximum absolute atomic E-state index is 13.9. The second kappa shape index (κ2) is 7.83. The third kappa shape index (κ3) is 4.09. The predicted molar refractivity (Wildman–Crippen MR) is 92.9 cm³/mol. The number of hydrogen-bond acceptors (Lipinski definition) is 6. The molecule has 0 saturated carbocycles. The van der Waals surface area contributed by atoms with Gasteiger partial charge in [0.1, 0.15) is 17.8 Å². The van der Waals surface area contributed by atoms with E-state index in [4.69, 9.17) is 21.5 Å². The highest BCUT2D eigenvalue weighted by Gasteiger charge is 2.14. The molecule has 0 radical (unpaired) electrons. The minimum Gasteiger partial charge on any atom is -0.364 e. The standard InChI is InChI=1S/C17H12ClF2N5O/c18-16-13(20)9-23-17(24-16)22-8-11(15-5-6-26-25-15)14(21)7-10-3-1-2-4-12(10)19/h1-6,8-9,21H,7H2,(H,22,23,24)/b11-8+,21-14?. The number of benzene rings is 1. The Balaban J connectivity index is 1.86. The molecule has 3 aromatic rings. The van der Waals surface area contributed by atoms with Crippen LogP contribution in [0, 0.1) is 17.0 Å². The fourth-order valence-electron chi connectivity index (χ4n) is 2.15. The van der Waals surface area contributed by atoms with Gasteiger partial charge in [0.05, 0.1) is 6.20 Å². The molecule has 9 heteroatoms. The van der Waals surface area contributed by atoms with Crippen molar-refractivity contribution >= 4 is 28.8 Å². The zero-order valence-electron chi connectivity index (χ0n) is 13.2. The minimum atomic E-state index is -0.745. The summed E-state index contributed by atoms with van der Waals surface area (Å²) in [7, 11) is 0.